The Balaban J connectivity index is 2.30. The molecule has 1 aromatic carbocycles. The van der Waals surface area contributed by atoms with Crippen molar-refractivity contribution in [2.75, 3.05) is 14.2 Å². The number of hydrogen-bond acceptors (Lipinski definition) is 6. The van der Waals surface area contributed by atoms with Crippen LogP contribution in [0.2, 0.25) is 0 Å². The number of methoxy groups -OCH3 is 2. The molecule has 23 heavy (non-hydrogen) atoms. The van der Waals surface area contributed by atoms with Gasteiger partial charge < -0.3 is 19.3 Å². The summed E-state index contributed by atoms with van der Waals surface area (Å²) < 4.78 is 16.0. The molecule has 0 spiro atoms. The molecule has 0 fully saturated rings. The highest BCUT2D eigenvalue weighted by Crippen LogP contribution is 2.46. The van der Waals surface area contributed by atoms with Crippen LogP contribution in [0, 0.1) is 0 Å². The number of carbonyl (C=O) groups excluding carboxylic acids is 2. The fourth-order valence-corrected chi connectivity index (χ4v) is 3.32. The lowest BCUT2D eigenvalue weighted by molar-refractivity contribution is 0.0148. The van der Waals surface area contributed by atoms with Gasteiger partial charge in [0.15, 0.2) is 23.1 Å². The van der Waals surface area contributed by atoms with Crippen LogP contribution in [0.4, 0.5) is 0 Å². The van der Waals surface area contributed by atoms with Crippen LogP contribution in [0.25, 0.3) is 0 Å². The van der Waals surface area contributed by atoms with E-state index < -0.39 is 6.10 Å². The van der Waals surface area contributed by atoms with Gasteiger partial charge in [-0.05, 0) is 13.8 Å². The second-order valence-electron chi connectivity index (χ2n) is 5.72. The molecule has 1 heterocycles. The number of ether oxygens (including phenoxy) is 3. The number of phenols is 1. The molecular formula is C17H18O6. The summed E-state index contributed by atoms with van der Waals surface area (Å²) in [6.45, 7) is 3.59. The van der Waals surface area contributed by atoms with Crippen molar-refractivity contribution in [2.45, 2.75) is 32.5 Å². The molecule has 0 saturated carbocycles. The van der Waals surface area contributed by atoms with Gasteiger partial charge in [0.1, 0.15) is 5.75 Å². The molecule has 0 aromatic heterocycles. The van der Waals surface area contributed by atoms with Crippen LogP contribution in [-0.4, -0.2) is 43.1 Å². The van der Waals surface area contributed by atoms with E-state index in [0.29, 0.717) is 17.6 Å². The van der Waals surface area contributed by atoms with Crippen molar-refractivity contribution >= 4 is 11.6 Å². The number of fused-ring (bicyclic) bond motifs is 1. The first-order chi connectivity index (χ1) is 10.9. The third-order valence-electron chi connectivity index (χ3n) is 4.30. The maximum atomic E-state index is 12.9. The summed E-state index contributed by atoms with van der Waals surface area (Å²) >= 11 is 0. The normalized spacial score (nSPS) is 23.5. The zero-order valence-corrected chi connectivity index (χ0v) is 13.4. The van der Waals surface area contributed by atoms with Gasteiger partial charge >= 0.3 is 0 Å². The van der Waals surface area contributed by atoms with E-state index in [4.69, 9.17) is 14.2 Å². The number of ketones is 2. The highest BCUT2D eigenvalue weighted by atomic mass is 16.5. The Bertz CT molecular complexity index is 746. The second-order valence-corrected chi connectivity index (χ2v) is 5.72. The first kappa shape index (κ1) is 15.6. The van der Waals surface area contributed by atoms with Gasteiger partial charge in [0.05, 0.1) is 37.6 Å². The molecule has 0 saturated heterocycles. The molecule has 1 aliphatic carbocycles. The molecule has 1 aliphatic heterocycles. The van der Waals surface area contributed by atoms with Crippen LogP contribution < -0.4 is 9.47 Å². The maximum Gasteiger partial charge on any atom is 0.196 e. The van der Waals surface area contributed by atoms with Gasteiger partial charge in [-0.15, -0.1) is 0 Å². The first-order valence-electron chi connectivity index (χ1n) is 7.36. The third kappa shape index (κ3) is 2.13. The summed E-state index contributed by atoms with van der Waals surface area (Å²) in [4.78, 5) is 25.8. The van der Waals surface area contributed by atoms with Crippen LogP contribution in [0.1, 0.15) is 41.0 Å². The Morgan fingerprint density at radius 2 is 1.74 bits per heavy atom. The Morgan fingerprint density at radius 1 is 1.09 bits per heavy atom. The molecule has 0 unspecified atom stereocenters. The average molecular weight is 318 g/mol. The summed E-state index contributed by atoms with van der Waals surface area (Å²) in [6.07, 6.45) is -0.313. The lowest BCUT2D eigenvalue weighted by Gasteiger charge is -2.33. The van der Waals surface area contributed by atoms with Gasteiger partial charge in [-0.25, -0.2) is 0 Å². The Kier molecular flexibility index (Phi) is 3.64. The van der Waals surface area contributed by atoms with Crippen LogP contribution >= 0.6 is 0 Å². The molecule has 122 valence electrons. The van der Waals surface area contributed by atoms with E-state index >= 15 is 0 Å². The number of aromatic hydroxyl groups is 1. The van der Waals surface area contributed by atoms with Crippen LogP contribution in [0.15, 0.2) is 17.2 Å². The molecule has 6 nitrogen and oxygen atoms in total. The lowest BCUT2D eigenvalue weighted by Crippen LogP contribution is -2.36. The molecule has 6 heteroatoms. The molecule has 0 amide bonds. The van der Waals surface area contributed by atoms with Gasteiger partial charge in [0.2, 0.25) is 0 Å². The van der Waals surface area contributed by atoms with E-state index in [1.54, 1.807) is 6.92 Å². The van der Waals surface area contributed by atoms with E-state index in [9.17, 15) is 14.7 Å². The first-order valence-corrected chi connectivity index (χ1v) is 7.36. The minimum Gasteiger partial charge on any atom is -0.504 e. The summed E-state index contributed by atoms with van der Waals surface area (Å²) in [5.41, 5.74) is 0.772. The van der Waals surface area contributed by atoms with Crippen molar-refractivity contribution in [3.63, 3.8) is 0 Å². The smallest absolute Gasteiger partial charge is 0.196 e. The van der Waals surface area contributed by atoms with E-state index in [-0.39, 0.29) is 46.0 Å². The van der Waals surface area contributed by atoms with Gasteiger partial charge in [-0.3, -0.25) is 9.59 Å². The molecule has 3 rings (SSSR count). The van der Waals surface area contributed by atoms with Gasteiger partial charge in [0, 0.05) is 23.6 Å². The third-order valence-corrected chi connectivity index (χ3v) is 4.30. The summed E-state index contributed by atoms with van der Waals surface area (Å²) in [5.74, 6) is -0.751. The van der Waals surface area contributed by atoms with E-state index in [0.717, 1.165) is 0 Å². The fraction of sp³-hybridized carbons (Fsp3) is 0.412. The zero-order valence-electron chi connectivity index (χ0n) is 13.4. The monoisotopic (exact) mass is 318 g/mol. The number of phenolic OH excluding ortho intramolecular Hbond substituents is 1. The fourth-order valence-electron chi connectivity index (χ4n) is 3.32. The number of rotatable bonds is 2. The van der Waals surface area contributed by atoms with E-state index in [1.165, 1.54) is 20.3 Å². The molecule has 1 N–H and O–H groups in total. The Morgan fingerprint density at radius 3 is 2.35 bits per heavy atom. The topological polar surface area (TPSA) is 82.1 Å². The summed E-state index contributed by atoms with van der Waals surface area (Å²) in [5, 5.41) is 10.4. The second kappa shape index (κ2) is 5.38. The standard InChI is InChI=1S/C17H18O6/c1-7-5-9-12(8(2)23-7)17(20)13-10(21-3)6-11(22-4)16(19)14(13)15(9)18/h6-8,19H,5H2,1-4H3/t7-,8-/m1/s1. The quantitative estimate of drug-likeness (QED) is 0.901. The van der Waals surface area contributed by atoms with Crippen molar-refractivity contribution in [2.24, 2.45) is 0 Å². The Hall–Kier alpha value is -2.34. The molecule has 2 aliphatic rings. The highest BCUT2D eigenvalue weighted by Gasteiger charge is 2.42. The number of benzene rings is 1. The molecule has 1 aromatic rings. The maximum absolute atomic E-state index is 12.9. The predicted octanol–water partition coefficient (Wildman–Crippen LogP) is 2.28. The molecule has 0 radical (unpaired) electrons. The minimum atomic E-state index is -0.479. The van der Waals surface area contributed by atoms with Gasteiger partial charge in [0.25, 0.3) is 0 Å². The predicted molar refractivity (Wildman–Crippen MR) is 81.5 cm³/mol. The number of hydrogen-bond donors (Lipinski definition) is 1. The van der Waals surface area contributed by atoms with E-state index in [2.05, 4.69) is 0 Å². The molecule has 0 bridgehead atoms. The van der Waals surface area contributed by atoms with Crippen molar-refractivity contribution in [1.29, 1.82) is 0 Å². The van der Waals surface area contributed by atoms with Crippen molar-refractivity contribution in [3.8, 4) is 17.2 Å². The molecule has 2 atom stereocenters. The average Bonchev–Trinajstić information content (AvgIpc) is 2.51. The summed E-state index contributed by atoms with van der Waals surface area (Å²) in [6, 6.07) is 1.40. The van der Waals surface area contributed by atoms with Gasteiger partial charge in [-0.2, -0.15) is 0 Å². The minimum absolute atomic E-state index is 0.0498. The van der Waals surface area contributed by atoms with E-state index in [1.807, 2.05) is 6.92 Å². The van der Waals surface area contributed by atoms with Crippen LogP contribution in [0.3, 0.4) is 0 Å². The number of carbonyl (C=O) groups is 2. The summed E-state index contributed by atoms with van der Waals surface area (Å²) in [7, 11) is 2.77. The largest absolute Gasteiger partial charge is 0.504 e. The van der Waals surface area contributed by atoms with Crippen molar-refractivity contribution in [1.82, 2.24) is 0 Å². The number of Topliss-reactive ketones (excluding diaryl/α,β-unsaturated/α-hetero) is 2. The lowest BCUT2D eigenvalue weighted by atomic mass is 9.78. The van der Waals surface area contributed by atoms with Gasteiger partial charge in [-0.1, -0.05) is 0 Å². The van der Waals surface area contributed by atoms with Crippen molar-refractivity contribution in [3.05, 3.63) is 28.3 Å². The van der Waals surface area contributed by atoms with Crippen LogP contribution in [-0.2, 0) is 4.74 Å². The Labute approximate surface area is 133 Å². The van der Waals surface area contributed by atoms with Crippen LogP contribution in [0.5, 0.6) is 17.2 Å². The highest BCUT2D eigenvalue weighted by molar-refractivity contribution is 6.29. The SMILES string of the molecule is COc1cc(OC)c2c(c1O)C(=O)C1=C(C2=O)[C@@H](C)O[C@H](C)C1. The molecular weight excluding hydrogens is 300 g/mol. The zero-order chi connectivity index (χ0) is 16.9. The van der Waals surface area contributed by atoms with Crippen molar-refractivity contribution < 1.29 is 28.9 Å².